The molecule has 0 bridgehead atoms. The summed E-state index contributed by atoms with van der Waals surface area (Å²) in [7, 11) is 0. The molecule has 1 heterocycles. The number of rotatable bonds is 8. The summed E-state index contributed by atoms with van der Waals surface area (Å²) in [5, 5.41) is 2.98. The highest BCUT2D eigenvalue weighted by atomic mass is 32.2. The maximum absolute atomic E-state index is 13.4. The highest BCUT2D eigenvalue weighted by Gasteiger charge is 2.39. The highest BCUT2D eigenvalue weighted by Crippen LogP contribution is 2.33. The van der Waals surface area contributed by atoms with Crippen molar-refractivity contribution in [2.24, 2.45) is 4.99 Å². The van der Waals surface area contributed by atoms with Crippen LogP contribution in [0.1, 0.15) is 61.4 Å². The van der Waals surface area contributed by atoms with Gasteiger partial charge in [0.2, 0.25) is 11.8 Å². The molecule has 0 saturated carbocycles. The second-order valence-corrected chi connectivity index (χ2v) is 10.2. The van der Waals surface area contributed by atoms with Gasteiger partial charge in [-0.05, 0) is 81.8 Å². The number of thioether (sulfide) groups is 1. The Hall–Kier alpha value is -3.19. The van der Waals surface area contributed by atoms with Crippen molar-refractivity contribution in [2.75, 3.05) is 11.9 Å². The third-order valence-corrected chi connectivity index (χ3v) is 7.51. The summed E-state index contributed by atoms with van der Waals surface area (Å²) >= 11 is 1.36. The maximum atomic E-state index is 13.4. The number of hydrogen-bond donors (Lipinski definition) is 1. The molecule has 182 valence electrons. The maximum Gasteiger partial charge on any atom is 0.242 e. The number of para-hydroxylation sites is 1. The van der Waals surface area contributed by atoms with Crippen LogP contribution in [0.15, 0.2) is 65.2 Å². The molecular formula is C28H31N3O3S. The molecule has 6 nitrogen and oxygen atoms in total. The van der Waals surface area contributed by atoms with Crippen molar-refractivity contribution in [3.63, 3.8) is 0 Å². The number of nitrogens with zero attached hydrogens (tertiary/aromatic N) is 2. The normalized spacial score (nSPS) is 19.1. The largest absolute Gasteiger partial charge is 0.326 e. The van der Waals surface area contributed by atoms with Gasteiger partial charge in [-0.1, -0.05) is 41.6 Å². The lowest BCUT2D eigenvalue weighted by atomic mass is 9.97. The monoisotopic (exact) mass is 489 g/mol. The van der Waals surface area contributed by atoms with E-state index in [2.05, 4.69) is 11.4 Å². The van der Waals surface area contributed by atoms with Crippen molar-refractivity contribution < 1.29 is 14.4 Å². The van der Waals surface area contributed by atoms with Gasteiger partial charge in [0.15, 0.2) is 11.0 Å². The molecule has 7 heteroatoms. The fraction of sp³-hybridized carbons (Fsp3) is 0.357. The number of anilines is 1. The van der Waals surface area contributed by atoms with E-state index in [-0.39, 0.29) is 24.0 Å². The first kappa shape index (κ1) is 24.9. The third kappa shape index (κ3) is 6.48. The number of aliphatic imine (C=N–C) groups is 1. The van der Waals surface area contributed by atoms with Crippen molar-refractivity contribution in [1.82, 2.24) is 4.90 Å². The second-order valence-electron chi connectivity index (χ2n) is 9.02. The van der Waals surface area contributed by atoms with Crippen LogP contribution in [0.3, 0.4) is 0 Å². The van der Waals surface area contributed by atoms with Crippen LogP contribution in [0.4, 0.5) is 11.4 Å². The summed E-state index contributed by atoms with van der Waals surface area (Å²) in [5.41, 5.74) is 4.47. The number of carbonyl (C=O) groups is 3. The Morgan fingerprint density at radius 2 is 1.89 bits per heavy atom. The van der Waals surface area contributed by atoms with Gasteiger partial charge in [-0.3, -0.25) is 19.3 Å². The van der Waals surface area contributed by atoms with E-state index in [4.69, 9.17) is 4.99 Å². The number of hydrogen-bond acceptors (Lipinski definition) is 5. The molecule has 4 rings (SSSR count). The Morgan fingerprint density at radius 1 is 1.11 bits per heavy atom. The molecule has 1 aliphatic carbocycles. The number of aryl methyl sites for hydroxylation is 1. The van der Waals surface area contributed by atoms with Gasteiger partial charge in [-0.15, -0.1) is 0 Å². The lowest BCUT2D eigenvalue weighted by Crippen LogP contribution is -2.34. The molecule has 1 N–H and O–H groups in total. The molecule has 1 atom stereocenters. The van der Waals surface area contributed by atoms with Gasteiger partial charge in [0.1, 0.15) is 5.25 Å². The SMILES string of the molecule is CC(=O)c1ccc(NC(=O)CC2SC(=Nc3ccccc3C)N(CCC3=CCCCC3)C2=O)cc1. The fourth-order valence-electron chi connectivity index (χ4n) is 4.28. The van der Waals surface area contributed by atoms with Gasteiger partial charge in [0, 0.05) is 24.2 Å². The standard InChI is InChI=1S/C28H31N3O3S/c1-19-8-6-7-11-24(19)30-28-31(17-16-21-9-4-3-5-10-21)27(34)25(35-28)18-26(33)29-23-14-12-22(13-15-23)20(2)32/h6-9,11-15,25H,3-5,10,16-18H2,1-2H3,(H,29,33). The van der Waals surface area contributed by atoms with Crippen molar-refractivity contribution in [1.29, 1.82) is 0 Å². The van der Waals surface area contributed by atoms with Crippen molar-refractivity contribution in [3.05, 3.63) is 71.3 Å². The molecule has 0 spiro atoms. The molecule has 0 radical (unpaired) electrons. The molecule has 0 aromatic heterocycles. The molecule has 2 amide bonds. The topological polar surface area (TPSA) is 78.8 Å². The van der Waals surface area contributed by atoms with E-state index in [0.29, 0.717) is 23.0 Å². The average Bonchev–Trinajstić information content (AvgIpc) is 3.13. The van der Waals surface area contributed by atoms with E-state index >= 15 is 0 Å². The summed E-state index contributed by atoms with van der Waals surface area (Å²) in [5.74, 6) is -0.334. The molecule has 2 aromatic carbocycles. The molecular weight excluding hydrogens is 458 g/mol. The summed E-state index contributed by atoms with van der Waals surface area (Å²) in [6, 6.07) is 14.6. The van der Waals surface area contributed by atoms with Gasteiger partial charge in [-0.25, -0.2) is 4.99 Å². The minimum absolute atomic E-state index is 0.0274. The molecule has 1 aliphatic heterocycles. The number of nitrogens with one attached hydrogen (secondary N) is 1. The van der Waals surface area contributed by atoms with Crippen LogP contribution in [-0.2, 0) is 9.59 Å². The minimum atomic E-state index is -0.519. The Labute approximate surface area is 210 Å². The number of Topliss-reactive ketones (excluding diaryl/α,β-unsaturated/α-hetero) is 1. The van der Waals surface area contributed by atoms with E-state index in [1.54, 1.807) is 29.2 Å². The third-order valence-electron chi connectivity index (χ3n) is 6.34. The van der Waals surface area contributed by atoms with Crippen molar-refractivity contribution >= 4 is 45.9 Å². The van der Waals surface area contributed by atoms with Gasteiger partial charge in [0.05, 0.1) is 5.69 Å². The van der Waals surface area contributed by atoms with Crippen LogP contribution in [0, 0.1) is 6.92 Å². The Balaban J connectivity index is 1.47. The molecule has 1 unspecified atom stereocenters. The Kier molecular flexibility index (Phi) is 8.18. The average molecular weight is 490 g/mol. The van der Waals surface area contributed by atoms with Crippen molar-refractivity contribution in [2.45, 2.75) is 57.6 Å². The van der Waals surface area contributed by atoms with Gasteiger partial charge >= 0.3 is 0 Å². The number of amides is 2. The lowest BCUT2D eigenvalue weighted by molar-refractivity contribution is -0.128. The number of amidine groups is 1. The first-order valence-electron chi connectivity index (χ1n) is 12.1. The van der Waals surface area contributed by atoms with Crippen LogP contribution in [0.2, 0.25) is 0 Å². The van der Waals surface area contributed by atoms with E-state index in [1.165, 1.54) is 37.1 Å². The zero-order valence-electron chi connectivity index (χ0n) is 20.3. The van der Waals surface area contributed by atoms with Gasteiger partial charge in [-0.2, -0.15) is 0 Å². The first-order chi connectivity index (χ1) is 16.9. The van der Waals surface area contributed by atoms with E-state index in [1.807, 2.05) is 31.2 Å². The Bertz CT molecular complexity index is 1170. The van der Waals surface area contributed by atoms with Crippen LogP contribution < -0.4 is 5.32 Å². The molecule has 2 aliphatic rings. The number of benzene rings is 2. The predicted molar refractivity (Wildman–Crippen MR) is 142 cm³/mol. The molecule has 1 saturated heterocycles. The van der Waals surface area contributed by atoms with E-state index in [0.717, 1.165) is 30.5 Å². The van der Waals surface area contributed by atoms with E-state index < -0.39 is 5.25 Å². The first-order valence-corrected chi connectivity index (χ1v) is 13.0. The fourth-order valence-corrected chi connectivity index (χ4v) is 5.46. The van der Waals surface area contributed by atoms with Crippen LogP contribution in [-0.4, -0.2) is 39.5 Å². The summed E-state index contributed by atoms with van der Waals surface area (Å²) < 4.78 is 0. The number of ketones is 1. The predicted octanol–water partition coefficient (Wildman–Crippen LogP) is 6.05. The van der Waals surface area contributed by atoms with Crippen LogP contribution in [0.25, 0.3) is 0 Å². The smallest absolute Gasteiger partial charge is 0.242 e. The molecule has 1 fully saturated rings. The van der Waals surface area contributed by atoms with Gasteiger partial charge < -0.3 is 5.32 Å². The molecule has 35 heavy (non-hydrogen) atoms. The highest BCUT2D eigenvalue weighted by molar-refractivity contribution is 8.15. The summed E-state index contributed by atoms with van der Waals surface area (Å²) in [6.45, 7) is 4.08. The van der Waals surface area contributed by atoms with Crippen LogP contribution >= 0.6 is 11.8 Å². The quantitative estimate of drug-likeness (QED) is 0.362. The van der Waals surface area contributed by atoms with E-state index in [9.17, 15) is 14.4 Å². The Morgan fingerprint density at radius 3 is 2.57 bits per heavy atom. The minimum Gasteiger partial charge on any atom is -0.326 e. The number of carbonyl (C=O) groups excluding carboxylic acids is 3. The van der Waals surface area contributed by atoms with Crippen molar-refractivity contribution in [3.8, 4) is 0 Å². The van der Waals surface area contributed by atoms with Crippen LogP contribution in [0.5, 0.6) is 0 Å². The summed E-state index contributed by atoms with van der Waals surface area (Å²) in [6.07, 6.45) is 7.83. The molecule has 2 aromatic rings. The lowest BCUT2D eigenvalue weighted by Gasteiger charge is -2.19. The summed E-state index contributed by atoms with van der Waals surface area (Å²) in [4.78, 5) is 44.2. The zero-order chi connectivity index (χ0) is 24.8. The van der Waals surface area contributed by atoms with Gasteiger partial charge in [0.25, 0.3) is 0 Å². The number of allylic oxidation sites excluding steroid dienone is 1. The second kappa shape index (κ2) is 11.5. The zero-order valence-corrected chi connectivity index (χ0v) is 21.1.